The molecule has 2 aromatic rings. The molecule has 0 bridgehead atoms. The van der Waals surface area contributed by atoms with E-state index in [9.17, 15) is 4.79 Å². The third-order valence-corrected chi connectivity index (χ3v) is 3.31. The summed E-state index contributed by atoms with van der Waals surface area (Å²) in [5.41, 5.74) is 1.87. The predicted octanol–water partition coefficient (Wildman–Crippen LogP) is 3.23. The van der Waals surface area contributed by atoms with E-state index in [1.165, 1.54) is 6.08 Å². The highest BCUT2D eigenvalue weighted by molar-refractivity contribution is 6.07. The van der Waals surface area contributed by atoms with Gasteiger partial charge in [-0.15, -0.1) is 0 Å². The van der Waals surface area contributed by atoms with Gasteiger partial charge < -0.3 is 9.47 Å². The van der Waals surface area contributed by atoms with Crippen molar-refractivity contribution in [1.82, 2.24) is 0 Å². The number of nitriles is 1. The monoisotopic (exact) mass is 291 g/mol. The summed E-state index contributed by atoms with van der Waals surface area (Å²) in [6, 6.07) is 14.1. The van der Waals surface area contributed by atoms with Crippen molar-refractivity contribution in [3.05, 3.63) is 65.2 Å². The van der Waals surface area contributed by atoms with Gasteiger partial charge >= 0.3 is 0 Å². The van der Waals surface area contributed by atoms with Gasteiger partial charge in [0.15, 0.2) is 17.3 Å². The number of hydrogen-bond acceptors (Lipinski definition) is 4. The van der Waals surface area contributed by atoms with E-state index in [1.54, 1.807) is 30.3 Å². The summed E-state index contributed by atoms with van der Waals surface area (Å²) in [7, 11) is 0. The van der Waals surface area contributed by atoms with Gasteiger partial charge in [-0.05, 0) is 42.5 Å². The Morgan fingerprint density at radius 3 is 2.64 bits per heavy atom. The van der Waals surface area contributed by atoms with Crippen molar-refractivity contribution in [1.29, 1.82) is 5.26 Å². The second-order valence-electron chi connectivity index (χ2n) is 4.76. The van der Waals surface area contributed by atoms with Crippen LogP contribution >= 0.6 is 0 Å². The van der Waals surface area contributed by atoms with E-state index in [2.05, 4.69) is 0 Å². The minimum atomic E-state index is -0.126. The van der Waals surface area contributed by atoms with Crippen LogP contribution in [0, 0.1) is 11.3 Å². The summed E-state index contributed by atoms with van der Waals surface area (Å²) in [6.07, 6.45) is 3.21. The lowest BCUT2D eigenvalue weighted by Gasteiger charge is -2.19. The minimum Gasteiger partial charge on any atom is -0.486 e. The van der Waals surface area contributed by atoms with Crippen LogP contribution in [0.1, 0.15) is 21.5 Å². The van der Waals surface area contributed by atoms with Gasteiger partial charge in [0.05, 0.1) is 11.6 Å². The van der Waals surface area contributed by atoms with Crippen LogP contribution in [0.5, 0.6) is 11.5 Å². The van der Waals surface area contributed by atoms with Crippen molar-refractivity contribution >= 4 is 11.9 Å². The van der Waals surface area contributed by atoms with E-state index in [0.29, 0.717) is 35.8 Å². The highest BCUT2D eigenvalue weighted by atomic mass is 16.6. The number of carbonyl (C=O) groups is 1. The van der Waals surface area contributed by atoms with Gasteiger partial charge in [0.1, 0.15) is 13.2 Å². The number of fused-ring (bicyclic) bond motifs is 1. The van der Waals surface area contributed by atoms with E-state index in [4.69, 9.17) is 14.7 Å². The predicted molar refractivity (Wildman–Crippen MR) is 82.0 cm³/mol. The zero-order chi connectivity index (χ0) is 15.4. The molecule has 1 aliphatic rings. The number of para-hydroxylation sites is 1. The molecule has 0 fully saturated rings. The first-order chi connectivity index (χ1) is 10.8. The first-order valence-corrected chi connectivity index (χ1v) is 6.89. The molecule has 22 heavy (non-hydrogen) atoms. The van der Waals surface area contributed by atoms with Crippen molar-refractivity contribution in [2.75, 3.05) is 13.2 Å². The van der Waals surface area contributed by atoms with Crippen LogP contribution in [0.3, 0.4) is 0 Å². The van der Waals surface area contributed by atoms with Crippen molar-refractivity contribution in [3.63, 3.8) is 0 Å². The number of rotatable bonds is 3. The molecular weight excluding hydrogens is 278 g/mol. The number of hydrogen-bond donors (Lipinski definition) is 0. The van der Waals surface area contributed by atoms with Crippen molar-refractivity contribution in [3.8, 4) is 17.6 Å². The van der Waals surface area contributed by atoms with Crippen LogP contribution in [-0.4, -0.2) is 19.0 Å². The molecular formula is C18H13NO3. The fourth-order valence-corrected chi connectivity index (χ4v) is 2.20. The SMILES string of the molecule is N#Cc1ccc(C(=O)/C=C/c2cccc3c2OCCO3)cc1. The Kier molecular flexibility index (Phi) is 3.88. The Hall–Kier alpha value is -3.06. The zero-order valence-electron chi connectivity index (χ0n) is 11.8. The molecule has 0 saturated carbocycles. The molecule has 3 rings (SSSR count). The van der Waals surface area contributed by atoms with Gasteiger partial charge in [-0.2, -0.15) is 5.26 Å². The van der Waals surface area contributed by atoms with E-state index in [1.807, 2.05) is 24.3 Å². The molecule has 0 saturated heterocycles. The second kappa shape index (κ2) is 6.15. The average Bonchev–Trinajstić information content (AvgIpc) is 2.59. The lowest BCUT2D eigenvalue weighted by Crippen LogP contribution is -2.15. The molecule has 1 heterocycles. The Balaban J connectivity index is 1.82. The quantitative estimate of drug-likeness (QED) is 0.643. The third-order valence-electron chi connectivity index (χ3n) is 3.31. The standard InChI is InChI=1S/C18H13NO3/c19-12-13-4-6-14(7-5-13)16(20)9-8-15-2-1-3-17-18(15)22-11-10-21-17/h1-9H,10-11H2/b9-8+. The molecule has 0 spiro atoms. The van der Waals surface area contributed by atoms with Crippen LogP contribution < -0.4 is 9.47 Å². The molecule has 0 radical (unpaired) electrons. The van der Waals surface area contributed by atoms with Gasteiger partial charge in [-0.3, -0.25) is 4.79 Å². The van der Waals surface area contributed by atoms with Crippen LogP contribution in [-0.2, 0) is 0 Å². The molecule has 4 nitrogen and oxygen atoms in total. The number of ether oxygens (including phenoxy) is 2. The normalized spacial score (nSPS) is 12.9. The average molecular weight is 291 g/mol. The molecule has 2 aromatic carbocycles. The summed E-state index contributed by atoms with van der Waals surface area (Å²) < 4.78 is 11.1. The number of benzene rings is 2. The minimum absolute atomic E-state index is 0.126. The summed E-state index contributed by atoms with van der Waals surface area (Å²) in [6.45, 7) is 1.03. The van der Waals surface area contributed by atoms with Crippen molar-refractivity contribution in [2.45, 2.75) is 0 Å². The Labute approximate surface area is 128 Å². The highest BCUT2D eigenvalue weighted by Crippen LogP contribution is 2.34. The second-order valence-corrected chi connectivity index (χ2v) is 4.76. The maximum absolute atomic E-state index is 12.1. The maximum atomic E-state index is 12.1. The Bertz CT molecular complexity index is 770. The zero-order valence-corrected chi connectivity index (χ0v) is 11.8. The fourth-order valence-electron chi connectivity index (χ4n) is 2.20. The van der Waals surface area contributed by atoms with Gasteiger partial charge in [0.2, 0.25) is 0 Å². The summed E-state index contributed by atoms with van der Waals surface area (Å²) >= 11 is 0. The number of allylic oxidation sites excluding steroid dienone is 1. The van der Waals surface area contributed by atoms with Crippen molar-refractivity contribution < 1.29 is 14.3 Å². The first kappa shape index (κ1) is 13.9. The number of nitrogens with zero attached hydrogens (tertiary/aromatic N) is 1. The van der Waals surface area contributed by atoms with Crippen LogP contribution in [0.2, 0.25) is 0 Å². The third kappa shape index (κ3) is 2.84. The number of carbonyl (C=O) groups excluding carboxylic acids is 1. The molecule has 0 unspecified atom stereocenters. The van der Waals surface area contributed by atoms with Gasteiger partial charge in [-0.1, -0.05) is 12.1 Å². The lowest BCUT2D eigenvalue weighted by atomic mass is 10.1. The summed E-state index contributed by atoms with van der Waals surface area (Å²) in [4.78, 5) is 12.1. The topological polar surface area (TPSA) is 59.3 Å². The smallest absolute Gasteiger partial charge is 0.185 e. The molecule has 0 N–H and O–H groups in total. The molecule has 4 heteroatoms. The van der Waals surface area contributed by atoms with E-state index in [0.717, 1.165) is 5.56 Å². The molecule has 108 valence electrons. The van der Waals surface area contributed by atoms with E-state index >= 15 is 0 Å². The van der Waals surface area contributed by atoms with E-state index < -0.39 is 0 Å². The van der Waals surface area contributed by atoms with Gasteiger partial charge in [-0.25, -0.2) is 0 Å². The first-order valence-electron chi connectivity index (χ1n) is 6.89. The van der Waals surface area contributed by atoms with E-state index in [-0.39, 0.29) is 5.78 Å². The Morgan fingerprint density at radius 2 is 1.86 bits per heavy atom. The van der Waals surface area contributed by atoms with Crippen LogP contribution in [0.25, 0.3) is 6.08 Å². The van der Waals surface area contributed by atoms with Gasteiger partial charge in [0.25, 0.3) is 0 Å². The molecule has 0 atom stereocenters. The van der Waals surface area contributed by atoms with Gasteiger partial charge in [0, 0.05) is 11.1 Å². The lowest BCUT2D eigenvalue weighted by molar-refractivity contribution is 0.104. The highest BCUT2D eigenvalue weighted by Gasteiger charge is 2.14. The van der Waals surface area contributed by atoms with Crippen LogP contribution in [0.4, 0.5) is 0 Å². The number of ketones is 1. The largest absolute Gasteiger partial charge is 0.486 e. The maximum Gasteiger partial charge on any atom is 0.185 e. The molecule has 0 aromatic heterocycles. The van der Waals surface area contributed by atoms with Crippen LogP contribution in [0.15, 0.2) is 48.5 Å². The van der Waals surface area contributed by atoms with Crippen molar-refractivity contribution in [2.24, 2.45) is 0 Å². The molecule has 0 amide bonds. The summed E-state index contributed by atoms with van der Waals surface area (Å²) in [5, 5.41) is 8.76. The fraction of sp³-hybridized carbons (Fsp3) is 0.111. The Morgan fingerprint density at radius 1 is 1.09 bits per heavy atom. The molecule has 0 aliphatic carbocycles. The summed E-state index contributed by atoms with van der Waals surface area (Å²) in [5.74, 6) is 1.23. The molecule has 1 aliphatic heterocycles.